The standard InChI is InChI=1S/C20H20ClN5OS/c21-17-5-2-1-4-16(17)19-25-15(13-28-19)12-18(27)24-14-6-10-26(11-7-14)20-22-8-3-9-23-20/h1-5,8-9,13-14H,6-7,10-12H2,(H,24,27). The molecule has 1 aliphatic rings. The van der Waals surface area contributed by atoms with E-state index in [1.165, 1.54) is 11.3 Å². The van der Waals surface area contributed by atoms with Crippen molar-refractivity contribution in [2.75, 3.05) is 18.0 Å². The zero-order valence-electron chi connectivity index (χ0n) is 15.2. The Morgan fingerprint density at radius 2 is 1.93 bits per heavy atom. The lowest BCUT2D eigenvalue weighted by molar-refractivity contribution is -0.121. The minimum Gasteiger partial charge on any atom is -0.353 e. The number of amides is 1. The van der Waals surface area contributed by atoms with Crippen molar-refractivity contribution >= 4 is 34.8 Å². The molecular formula is C20H20ClN5OS. The highest BCUT2D eigenvalue weighted by atomic mass is 35.5. The predicted octanol–water partition coefficient (Wildman–Crippen LogP) is 3.58. The molecule has 3 aromatic rings. The minimum absolute atomic E-state index is 0.00502. The number of anilines is 1. The van der Waals surface area contributed by atoms with Crippen molar-refractivity contribution in [3.05, 3.63) is 58.8 Å². The summed E-state index contributed by atoms with van der Waals surface area (Å²) in [5, 5.41) is 6.56. The Kier molecular flexibility index (Phi) is 5.83. The van der Waals surface area contributed by atoms with Gasteiger partial charge in [0, 0.05) is 42.5 Å². The van der Waals surface area contributed by atoms with Crippen LogP contribution < -0.4 is 10.2 Å². The summed E-state index contributed by atoms with van der Waals surface area (Å²) in [6.45, 7) is 1.67. The van der Waals surface area contributed by atoms with Gasteiger partial charge in [-0.1, -0.05) is 29.8 Å². The van der Waals surface area contributed by atoms with E-state index in [0.29, 0.717) is 5.02 Å². The Labute approximate surface area is 172 Å². The van der Waals surface area contributed by atoms with Crippen LogP contribution in [0, 0.1) is 0 Å². The third-order valence-corrected chi connectivity index (χ3v) is 5.95. The monoisotopic (exact) mass is 413 g/mol. The van der Waals surface area contributed by atoms with Gasteiger partial charge < -0.3 is 10.2 Å². The Morgan fingerprint density at radius 3 is 2.68 bits per heavy atom. The van der Waals surface area contributed by atoms with Crippen molar-refractivity contribution in [2.45, 2.75) is 25.3 Å². The van der Waals surface area contributed by atoms with E-state index in [9.17, 15) is 4.79 Å². The third-order valence-electron chi connectivity index (χ3n) is 4.69. The topological polar surface area (TPSA) is 71.0 Å². The quantitative estimate of drug-likeness (QED) is 0.692. The van der Waals surface area contributed by atoms with Crippen LogP contribution in [0.15, 0.2) is 48.1 Å². The molecule has 1 fully saturated rings. The SMILES string of the molecule is O=C(Cc1csc(-c2ccccc2Cl)n1)NC1CCN(c2ncccn2)CC1. The van der Waals surface area contributed by atoms with Gasteiger partial charge in [-0.2, -0.15) is 0 Å². The fourth-order valence-corrected chi connectivity index (χ4v) is 4.41. The van der Waals surface area contributed by atoms with Crippen LogP contribution in [0.2, 0.25) is 5.02 Å². The molecule has 0 atom stereocenters. The highest BCUT2D eigenvalue weighted by Crippen LogP contribution is 2.30. The van der Waals surface area contributed by atoms with Gasteiger partial charge in [0.1, 0.15) is 5.01 Å². The van der Waals surface area contributed by atoms with Crippen LogP contribution in [0.25, 0.3) is 10.6 Å². The van der Waals surface area contributed by atoms with Gasteiger partial charge in [-0.05, 0) is 25.0 Å². The number of halogens is 1. The minimum atomic E-state index is 0.00502. The van der Waals surface area contributed by atoms with Crippen molar-refractivity contribution in [2.24, 2.45) is 0 Å². The van der Waals surface area contributed by atoms with Crippen LogP contribution >= 0.6 is 22.9 Å². The smallest absolute Gasteiger partial charge is 0.226 e. The summed E-state index contributed by atoms with van der Waals surface area (Å²) in [5.74, 6) is 0.757. The zero-order chi connectivity index (χ0) is 19.3. The van der Waals surface area contributed by atoms with Crippen LogP contribution in [-0.4, -0.2) is 40.0 Å². The van der Waals surface area contributed by atoms with E-state index in [1.807, 2.05) is 35.7 Å². The average molecular weight is 414 g/mol. The molecule has 0 saturated carbocycles. The summed E-state index contributed by atoms with van der Waals surface area (Å²) in [7, 11) is 0. The molecular weight excluding hydrogens is 394 g/mol. The number of thiazole rings is 1. The molecule has 0 bridgehead atoms. The van der Waals surface area contributed by atoms with E-state index in [-0.39, 0.29) is 18.4 Å². The molecule has 1 N–H and O–H groups in total. The highest BCUT2D eigenvalue weighted by Gasteiger charge is 2.22. The molecule has 1 saturated heterocycles. The van der Waals surface area contributed by atoms with Crippen molar-refractivity contribution < 1.29 is 4.79 Å². The van der Waals surface area contributed by atoms with E-state index in [0.717, 1.165) is 48.1 Å². The molecule has 4 rings (SSSR count). The Balaban J connectivity index is 1.29. The lowest BCUT2D eigenvalue weighted by atomic mass is 10.1. The fraction of sp³-hybridized carbons (Fsp3) is 0.300. The van der Waals surface area contributed by atoms with Gasteiger partial charge in [0.2, 0.25) is 11.9 Å². The first kappa shape index (κ1) is 18.8. The second kappa shape index (κ2) is 8.67. The number of nitrogens with zero attached hydrogens (tertiary/aromatic N) is 4. The first-order valence-electron chi connectivity index (χ1n) is 9.19. The second-order valence-corrected chi connectivity index (χ2v) is 7.94. The first-order valence-corrected chi connectivity index (χ1v) is 10.5. The van der Waals surface area contributed by atoms with Crippen LogP contribution in [0.1, 0.15) is 18.5 Å². The molecule has 0 unspecified atom stereocenters. The van der Waals surface area contributed by atoms with Crippen molar-refractivity contribution in [3.63, 3.8) is 0 Å². The largest absolute Gasteiger partial charge is 0.353 e. The van der Waals surface area contributed by atoms with E-state index in [1.54, 1.807) is 12.4 Å². The summed E-state index contributed by atoms with van der Waals surface area (Å²) in [6.07, 6.45) is 5.54. The molecule has 1 amide bonds. The molecule has 1 aliphatic heterocycles. The number of carbonyl (C=O) groups excluding carboxylic acids is 1. The summed E-state index contributed by atoms with van der Waals surface area (Å²) in [5.41, 5.74) is 1.67. The van der Waals surface area contributed by atoms with E-state index < -0.39 is 0 Å². The first-order chi connectivity index (χ1) is 13.7. The van der Waals surface area contributed by atoms with Crippen LogP contribution in [-0.2, 0) is 11.2 Å². The second-order valence-electron chi connectivity index (χ2n) is 6.68. The Bertz CT molecular complexity index is 941. The molecule has 0 spiro atoms. The number of benzene rings is 1. The molecule has 0 radical (unpaired) electrons. The molecule has 1 aromatic carbocycles. The van der Waals surface area contributed by atoms with Gasteiger partial charge in [0.05, 0.1) is 17.1 Å². The molecule has 0 aliphatic carbocycles. The highest BCUT2D eigenvalue weighted by molar-refractivity contribution is 7.13. The van der Waals surface area contributed by atoms with Gasteiger partial charge in [-0.3, -0.25) is 4.79 Å². The maximum Gasteiger partial charge on any atom is 0.226 e. The van der Waals surface area contributed by atoms with Crippen LogP contribution in [0.4, 0.5) is 5.95 Å². The molecule has 8 heteroatoms. The van der Waals surface area contributed by atoms with E-state index in [2.05, 4.69) is 25.2 Å². The lowest BCUT2D eigenvalue weighted by Crippen LogP contribution is -2.45. The fourth-order valence-electron chi connectivity index (χ4n) is 3.27. The number of aromatic nitrogens is 3. The number of nitrogens with one attached hydrogen (secondary N) is 1. The predicted molar refractivity (Wildman–Crippen MR) is 112 cm³/mol. The summed E-state index contributed by atoms with van der Waals surface area (Å²) in [4.78, 5) is 27.7. The van der Waals surface area contributed by atoms with E-state index >= 15 is 0 Å². The maximum atomic E-state index is 12.4. The van der Waals surface area contributed by atoms with Gasteiger partial charge in [-0.15, -0.1) is 11.3 Å². The number of carbonyl (C=O) groups is 1. The number of hydrogen-bond donors (Lipinski definition) is 1. The molecule has 2 aromatic heterocycles. The van der Waals surface area contributed by atoms with Gasteiger partial charge >= 0.3 is 0 Å². The summed E-state index contributed by atoms with van der Waals surface area (Å²) < 4.78 is 0. The van der Waals surface area contributed by atoms with Gasteiger partial charge in [0.15, 0.2) is 0 Å². The molecule has 144 valence electrons. The number of hydrogen-bond acceptors (Lipinski definition) is 6. The van der Waals surface area contributed by atoms with Crippen molar-refractivity contribution in [1.82, 2.24) is 20.3 Å². The third kappa shape index (κ3) is 4.48. The summed E-state index contributed by atoms with van der Waals surface area (Å²) >= 11 is 7.74. The zero-order valence-corrected chi connectivity index (χ0v) is 16.8. The van der Waals surface area contributed by atoms with E-state index in [4.69, 9.17) is 11.6 Å². The Morgan fingerprint density at radius 1 is 1.18 bits per heavy atom. The van der Waals surface area contributed by atoms with Gasteiger partial charge in [0.25, 0.3) is 0 Å². The molecule has 28 heavy (non-hydrogen) atoms. The van der Waals surface area contributed by atoms with Crippen molar-refractivity contribution in [1.29, 1.82) is 0 Å². The summed E-state index contributed by atoms with van der Waals surface area (Å²) in [6, 6.07) is 9.60. The maximum absolute atomic E-state index is 12.4. The van der Waals surface area contributed by atoms with Crippen LogP contribution in [0.5, 0.6) is 0 Å². The van der Waals surface area contributed by atoms with Crippen LogP contribution in [0.3, 0.4) is 0 Å². The normalized spacial score (nSPS) is 14.8. The Hall–Kier alpha value is -2.51. The molecule has 3 heterocycles. The molecule has 6 nitrogen and oxygen atoms in total. The number of rotatable bonds is 5. The average Bonchev–Trinajstić information content (AvgIpc) is 3.17. The van der Waals surface area contributed by atoms with Gasteiger partial charge in [-0.25, -0.2) is 15.0 Å². The number of piperidine rings is 1. The lowest BCUT2D eigenvalue weighted by Gasteiger charge is -2.32. The van der Waals surface area contributed by atoms with Crippen molar-refractivity contribution in [3.8, 4) is 10.6 Å².